The number of amides is 1. The smallest absolute Gasteiger partial charge is 0.259 e. The van der Waals surface area contributed by atoms with Crippen LogP contribution in [0, 0.1) is 6.92 Å². The van der Waals surface area contributed by atoms with Crippen LogP contribution >= 0.6 is 11.6 Å². The van der Waals surface area contributed by atoms with Crippen LogP contribution in [0.15, 0.2) is 60.0 Å². The van der Waals surface area contributed by atoms with Gasteiger partial charge in [-0.25, -0.2) is 8.42 Å². The molecule has 1 aliphatic rings. The van der Waals surface area contributed by atoms with Crippen LogP contribution in [0.4, 0.5) is 5.69 Å². The molecule has 0 aromatic heterocycles. The largest absolute Gasteiger partial charge is 0.300 e. The summed E-state index contributed by atoms with van der Waals surface area (Å²) >= 11 is 6.06. The van der Waals surface area contributed by atoms with E-state index in [9.17, 15) is 13.2 Å². The molecule has 0 aliphatic carbocycles. The standard InChI is InChI=1S/C18H16ClNO3S/c1-13-5-2-3-8-17(13)18(21)20(15-7-4-6-14(19)11-15)16-9-10-24(22,23)12-16/h2-11,16H,12H2,1H3/t16-/m0/s1. The number of rotatable bonds is 3. The fraction of sp³-hybridized carbons (Fsp3) is 0.167. The van der Waals surface area contributed by atoms with Crippen molar-refractivity contribution in [3.8, 4) is 0 Å². The van der Waals surface area contributed by atoms with Crippen molar-refractivity contribution in [1.29, 1.82) is 0 Å². The topological polar surface area (TPSA) is 54.5 Å². The lowest BCUT2D eigenvalue weighted by Gasteiger charge is -2.28. The van der Waals surface area contributed by atoms with E-state index in [1.54, 1.807) is 42.5 Å². The number of hydrogen-bond donors (Lipinski definition) is 0. The molecular formula is C18H16ClNO3S. The van der Waals surface area contributed by atoms with Gasteiger partial charge in [-0.3, -0.25) is 4.79 Å². The molecule has 0 fully saturated rings. The molecule has 0 unspecified atom stereocenters. The number of nitrogens with zero attached hydrogens (tertiary/aromatic N) is 1. The average Bonchev–Trinajstić information content (AvgIpc) is 2.87. The molecule has 0 N–H and O–H groups in total. The van der Waals surface area contributed by atoms with E-state index in [4.69, 9.17) is 11.6 Å². The minimum atomic E-state index is -3.29. The van der Waals surface area contributed by atoms with Gasteiger partial charge in [0.1, 0.15) is 0 Å². The zero-order chi connectivity index (χ0) is 17.3. The van der Waals surface area contributed by atoms with Crippen LogP contribution in [0.25, 0.3) is 0 Å². The van der Waals surface area contributed by atoms with E-state index in [-0.39, 0.29) is 11.7 Å². The highest BCUT2D eigenvalue weighted by molar-refractivity contribution is 7.94. The van der Waals surface area contributed by atoms with Gasteiger partial charge in [0.15, 0.2) is 9.84 Å². The number of hydrogen-bond acceptors (Lipinski definition) is 3. The van der Waals surface area contributed by atoms with E-state index >= 15 is 0 Å². The van der Waals surface area contributed by atoms with Crippen molar-refractivity contribution < 1.29 is 13.2 Å². The molecule has 0 spiro atoms. The summed E-state index contributed by atoms with van der Waals surface area (Å²) in [5.74, 6) is -0.376. The highest BCUT2D eigenvalue weighted by Crippen LogP contribution is 2.27. The second-order valence-corrected chi connectivity index (χ2v) is 8.06. The molecule has 0 bridgehead atoms. The molecule has 1 amide bonds. The summed E-state index contributed by atoms with van der Waals surface area (Å²) in [4.78, 5) is 14.6. The molecule has 1 aliphatic heterocycles. The van der Waals surface area contributed by atoms with Gasteiger partial charge in [-0.1, -0.05) is 35.9 Å². The van der Waals surface area contributed by atoms with Crippen molar-refractivity contribution in [2.75, 3.05) is 10.7 Å². The minimum absolute atomic E-state index is 0.128. The maximum atomic E-state index is 13.1. The zero-order valence-electron chi connectivity index (χ0n) is 13.0. The molecule has 2 aromatic rings. The van der Waals surface area contributed by atoms with Crippen LogP contribution < -0.4 is 4.90 Å². The van der Waals surface area contributed by atoms with Crippen molar-refractivity contribution in [1.82, 2.24) is 0 Å². The van der Waals surface area contributed by atoms with E-state index in [0.29, 0.717) is 16.3 Å². The highest BCUT2D eigenvalue weighted by Gasteiger charge is 2.32. The van der Waals surface area contributed by atoms with E-state index < -0.39 is 15.9 Å². The predicted octanol–water partition coefficient (Wildman–Crippen LogP) is 3.61. The number of anilines is 1. The van der Waals surface area contributed by atoms with Crippen LogP contribution in [-0.2, 0) is 9.84 Å². The fourth-order valence-electron chi connectivity index (χ4n) is 2.75. The first-order valence-corrected chi connectivity index (χ1v) is 9.52. The first-order valence-electron chi connectivity index (χ1n) is 7.43. The normalized spacial score (nSPS) is 18.5. The Morgan fingerprint density at radius 3 is 2.54 bits per heavy atom. The fourth-order valence-corrected chi connectivity index (χ4v) is 4.20. The minimum Gasteiger partial charge on any atom is -0.300 e. The monoisotopic (exact) mass is 361 g/mol. The van der Waals surface area contributed by atoms with Crippen LogP contribution in [0.3, 0.4) is 0 Å². The maximum Gasteiger partial charge on any atom is 0.259 e. The first kappa shape index (κ1) is 16.7. The molecule has 0 radical (unpaired) electrons. The molecule has 124 valence electrons. The Morgan fingerprint density at radius 1 is 1.17 bits per heavy atom. The summed E-state index contributed by atoms with van der Waals surface area (Å²) in [5.41, 5.74) is 1.94. The Kier molecular flexibility index (Phi) is 4.47. The molecule has 0 saturated carbocycles. The summed E-state index contributed by atoms with van der Waals surface area (Å²) in [6.45, 7) is 1.85. The number of aryl methyl sites for hydroxylation is 1. The molecular weight excluding hydrogens is 346 g/mol. The third-order valence-electron chi connectivity index (χ3n) is 3.92. The molecule has 3 rings (SSSR count). The van der Waals surface area contributed by atoms with Crippen LogP contribution in [0.1, 0.15) is 15.9 Å². The first-order chi connectivity index (χ1) is 11.4. The molecule has 24 heavy (non-hydrogen) atoms. The van der Waals surface area contributed by atoms with Crippen LogP contribution in [0.2, 0.25) is 5.02 Å². The second kappa shape index (κ2) is 6.42. The number of halogens is 1. The van der Waals surface area contributed by atoms with Gasteiger partial charge in [0.2, 0.25) is 0 Å². The summed E-state index contributed by atoms with van der Waals surface area (Å²) in [6.07, 6.45) is 1.55. The van der Waals surface area contributed by atoms with Gasteiger partial charge < -0.3 is 4.90 Å². The van der Waals surface area contributed by atoms with Crippen LogP contribution in [0.5, 0.6) is 0 Å². The summed E-state index contributed by atoms with van der Waals surface area (Å²) < 4.78 is 23.6. The lowest BCUT2D eigenvalue weighted by atomic mass is 10.1. The van der Waals surface area contributed by atoms with E-state index in [1.807, 2.05) is 19.1 Å². The molecule has 6 heteroatoms. The summed E-state index contributed by atoms with van der Waals surface area (Å²) in [7, 11) is -3.29. The maximum absolute atomic E-state index is 13.1. The van der Waals surface area contributed by atoms with Crippen molar-refractivity contribution in [3.63, 3.8) is 0 Å². The van der Waals surface area contributed by atoms with Crippen molar-refractivity contribution in [2.24, 2.45) is 0 Å². The van der Waals surface area contributed by atoms with E-state index in [2.05, 4.69) is 0 Å². The average molecular weight is 362 g/mol. The molecule has 1 atom stereocenters. The third-order valence-corrected chi connectivity index (χ3v) is 5.54. The summed E-state index contributed by atoms with van der Waals surface area (Å²) in [6, 6.07) is 13.5. The Morgan fingerprint density at radius 2 is 1.92 bits per heavy atom. The molecule has 2 aromatic carbocycles. The van der Waals surface area contributed by atoms with Gasteiger partial charge >= 0.3 is 0 Å². The quantitative estimate of drug-likeness (QED) is 0.839. The van der Waals surface area contributed by atoms with Crippen molar-refractivity contribution >= 4 is 33.0 Å². The van der Waals surface area contributed by atoms with Gasteiger partial charge in [0.05, 0.1) is 11.8 Å². The van der Waals surface area contributed by atoms with Gasteiger partial charge in [0.25, 0.3) is 5.91 Å². The number of sulfone groups is 1. The second-order valence-electron chi connectivity index (χ2n) is 5.70. The number of benzene rings is 2. The predicted molar refractivity (Wildman–Crippen MR) is 96.2 cm³/mol. The molecule has 4 nitrogen and oxygen atoms in total. The van der Waals surface area contributed by atoms with Gasteiger partial charge in [-0.05, 0) is 42.8 Å². The molecule has 1 heterocycles. The molecule has 0 saturated heterocycles. The number of carbonyl (C=O) groups excluding carboxylic acids is 1. The third kappa shape index (κ3) is 3.37. The van der Waals surface area contributed by atoms with Crippen molar-refractivity contribution in [2.45, 2.75) is 13.0 Å². The Balaban J connectivity index is 2.07. The highest BCUT2D eigenvalue weighted by atomic mass is 35.5. The van der Waals surface area contributed by atoms with Gasteiger partial charge in [-0.15, -0.1) is 0 Å². The van der Waals surface area contributed by atoms with Crippen LogP contribution in [-0.4, -0.2) is 26.1 Å². The van der Waals surface area contributed by atoms with E-state index in [1.165, 1.54) is 10.3 Å². The van der Waals surface area contributed by atoms with E-state index in [0.717, 1.165) is 5.56 Å². The van der Waals surface area contributed by atoms with Crippen molar-refractivity contribution in [3.05, 3.63) is 76.2 Å². The Bertz CT molecular complexity index is 921. The van der Waals surface area contributed by atoms with Gasteiger partial charge in [-0.2, -0.15) is 0 Å². The Hall–Kier alpha value is -2.11. The van der Waals surface area contributed by atoms with Gasteiger partial charge in [0, 0.05) is 21.7 Å². The lowest BCUT2D eigenvalue weighted by molar-refractivity contribution is 0.0982. The summed E-state index contributed by atoms with van der Waals surface area (Å²) in [5, 5.41) is 1.65. The Labute approximate surface area is 146 Å². The lowest BCUT2D eigenvalue weighted by Crippen LogP contribution is -2.41. The SMILES string of the molecule is Cc1ccccc1C(=O)N(c1cccc(Cl)c1)[C@H]1C=CS(=O)(=O)C1. The number of carbonyl (C=O) groups is 1. The zero-order valence-corrected chi connectivity index (χ0v) is 14.6.